The molecule has 0 spiro atoms. The Morgan fingerprint density at radius 1 is 1.33 bits per heavy atom. The highest BCUT2D eigenvalue weighted by Crippen LogP contribution is 2.07. The summed E-state index contributed by atoms with van der Waals surface area (Å²) in [6.07, 6.45) is 0. The van der Waals surface area contributed by atoms with Crippen LogP contribution in [0.2, 0.25) is 0 Å². The predicted molar refractivity (Wildman–Crippen MR) is 53.5 cm³/mol. The van der Waals surface area contributed by atoms with Gasteiger partial charge in [-0.15, -0.1) is 0 Å². The summed E-state index contributed by atoms with van der Waals surface area (Å²) in [5.74, 6) is -2.10. The maximum atomic E-state index is 11.1. The summed E-state index contributed by atoms with van der Waals surface area (Å²) in [6, 6.07) is 7.21. The first-order chi connectivity index (χ1) is 7.15. The number of benzene rings is 1. The topological polar surface area (TPSA) is 75.6 Å². The van der Waals surface area contributed by atoms with Crippen molar-refractivity contribution < 1.29 is 19.4 Å². The van der Waals surface area contributed by atoms with Gasteiger partial charge in [0.2, 0.25) is 6.04 Å². The number of hydrogen-bond donors (Lipinski definition) is 2. The van der Waals surface area contributed by atoms with Crippen molar-refractivity contribution >= 4 is 17.6 Å². The monoisotopic (exact) mass is 209 g/mol. The lowest BCUT2D eigenvalue weighted by atomic mass is 10.2. The Kier molecular flexibility index (Phi) is 3.68. The van der Waals surface area contributed by atoms with Gasteiger partial charge in [0, 0.05) is 5.69 Å². The molecule has 2 N–H and O–H groups in total. The molecule has 0 fully saturated rings. The van der Waals surface area contributed by atoms with Gasteiger partial charge in [-0.2, -0.15) is 0 Å². The molecule has 1 rings (SSSR count). The molecule has 0 unspecified atom stereocenters. The van der Waals surface area contributed by atoms with Gasteiger partial charge < -0.3 is 15.2 Å². The van der Waals surface area contributed by atoms with Gasteiger partial charge in [0.15, 0.2) is 0 Å². The molecule has 0 radical (unpaired) electrons. The molecule has 0 saturated carbocycles. The first-order valence-electron chi connectivity index (χ1n) is 4.27. The Hall–Kier alpha value is -2.04. The fourth-order valence-corrected chi connectivity index (χ4v) is 1.04. The van der Waals surface area contributed by atoms with Crippen LogP contribution in [-0.2, 0) is 14.3 Å². The second-order valence-electron chi connectivity index (χ2n) is 2.80. The first kappa shape index (κ1) is 11.0. The van der Waals surface area contributed by atoms with Gasteiger partial charge in [0.05, 0.1) is 7.11 Å². The molecule has 5 nitrogen and oxygen atoms in total. The van der Waals surface area contributed by atoms with Crippen molar-refractivity contribution in [3.63, 3.8) is 0 Å². The third-order valence-corrected chi connectivity index (χ3v) is 1.77. The van der Waals surface area contributed by atoms with Crippen molar-refractivity contribution in [2.75, 3.05) is 12.4 Å². The van der Waals surface area contributed by atoms with Crippen molar-refractivity contribution in [3.8, 4) is 0 Å². The lowest BCUT2D eigenvalue weighted by Crippen LogP contribution is -2.38. The number of methoxy groups -OCH3 is 1. The molecule has 0 aliphatic rings. The number of anilines is 1. The summed E-state index contributed by atoms with van der Waals surface area (Å²) in [7, 11) is 1.14. The number of esters is 1. The first-order valence-corrected chi connectivity index (χ1v) is 4.27. The van der Waals surface area contributed by atoms with Crippen LogP contribution in [0.1, 0.15) is 0 Å². The number of carbonyl (C=O) groups is 2. The minimum absolute atomic E-state index is 0.551. The molecule has 1 atom stereocenters. The molecule has 5 heteroatoms. The van der Waals surface area contributed by atoms with Gasteiger partial charge in [-0.05, 0) is 12.1 Å². The van der Waals surface area contributed by atoms with Crippen LogP contribution >= 0.6 is 0 Å². The van der Waals surface area contributed by atoms with Crippen LogP contribution in [0.5, 0.6) is 0 Å². The smallest absolute Gasteiger partial charge is 0.340 e. The molecule has 0 saturated heterocycles. The average Bonchev–Trinajstić information content (AvgIpc) is 2.26. The second kappa shape index (κ2) is 4.99. The minimum atomic E-state index is -1.38. The third kappa shape index (κ3) is 2.98. The van der Waals surface area contributed by atoms with Gasteiger partial charge in [-0.1, -0.05) is 18.2 Å². The largest absolute Gasteiger partial charge is 0.479 e. The highest BCUT2D eigenvalue weighted by Gasteiger charge is 2.26. The van der Waals surface area contributed by atoms with E-state index in [1.807, 2.05) is 0 Å². The molecule has 0 aliphatic carbocycles. The van der Waals surface area contributed by atoms with Crippen molar-refractivity contribution in [3.05, 3.63) is 30.3 Å². The van der Waals surface area contributed by atoms with E-state index < -0.39 is 18.0 Å². The van der Waals surface area contributed by atoms with E-state index in [1.54, 1.807) is 30.3 Å². The number of aliphatic carboxylic acids is 1. The highest BCUT2D eigenvalue weighted by molar-refractivity contribution is 6.01. The maximum Gasteiger partial charge on any atom is 0.340 e. The SMILES string of the molecule is COC(=O)[C@H](Nc1ccccc1)C(=O)O. The van der Waals surface area contributed by atoms with E-state index in [4.69, 9.17) is 5.11 Å². The number of nitrogens with one attached hydrogen (secondary N) is 1. The van der Waals surface area contributed by atoms with Crippen LogP contribution in [0.25, 0.3) is 0 Å². The van der Waals surface area contributed by atoms with Crippen LogP contribution in [0.4, 0.5) is 5.69 Å². The predicted octanol–water partition coefficient (Wildman–Crippen LogP) is 0.725. The van der Waals surface area contributed by atoms with Crippen LogP contribution in [0.15, 0.2) is 30.3 Å². The molecule has 15 heavy (non-hydrogen) atoms. The van der Waals surface area contributed by atoms with E-state index >= 15 is 0 Å². The minimum Gasteiger partial charge on any atom is -0.479 e. The van der Waals surface area contributed by atoms with Crippen LogP contribution in [0.3, 0.4) is 0 Å². The molecule has 0 aliphatic heterocycles. The number of carbonyl (C=O) groups excluding carboxylic acids is 1. The summed E-state index contributed by atoms with van der Waals surface area (Å²) < 4.78 is 4.36. The van der Waals surface area contributed by atoms with E-state index in [1.165, 1.54) is 0 Å². The van der Waals surface area contributed by atoms with Crippen molar-refractivity contribution in [1.82, 2.24) is 0 Å². The molecular weight excluding hydrogens is 198 g/mol. The summed E-state index contributed by atoms with van der Waals surface area (Å²) >= 11 is 0. The Morgan fingerprint density at radius 3 is 2.40 bits per heavy atom. The van der Waals surface area contributed by atoms with Crippen molar-refractivity contribution in [2.24, 2.45) is 0 Å². The average molecular weight is 209 g/mol. The number of hydrogen-bond acceptors (Lipinski definition) is 4. The van der Waals surface area contributed by atoms with Crippen LogP contribution in [-0.4, -0.2) is 30.2 Å². The molecular formula is C10H11NO4. The van der Waals surface area contributed by atoms with Gasteiger partial charge in [-0.25, -0.2) is 9.59 Å². The normalized spacial score (nSPS) is 11.5. The fourth-order valence-electron chi connectivity index (χ4n) is 1.04. The number of carboxylic acids is 1. The lowest BCUT2D eigenvalue weighted by Gasteiger charge is -2.12. The van der Waals surface area contributed by atoms with Gasteiger partial charge >= 0.3 is 11.9 Å². The second-order valence-corrected chi connectivity index (χ2v) is 2.80. The van der Waals surface area contributed by atoms with E-state index in [0.29, 0.717) is 5.69 Å². The van der Waals surface area contributed by atoms with Crippen LogP contribution < -0.4 is 5.32 Å². The fraction of sp³-hybridized carbons (Fsp3) is 0.200. The Balaban J connectivity index is 2.76. The van der Waals surface area contributed by atoms with Crippen molar-refractivity contribution in [1.29, 1.82) is 0 Å². The molecule has 1 aromatic carbocycles. The van der Waals surface area contributed by atoms with E-state index in [-0.39, 0.29) is 0 Å². The Labute approximate surface area is 86.7 Å². The quantitative estimate of drug-likeness (QED) is 0.564. The van der Waals surface area contributed by atoms with E-state index in [9.17, 15) is 9.59 Å². The third-order valence-electron chi connectivity index (χ3n) is 1.77. The number of rotatable bonds is 4. The highest BCUT2D eigenvalue weighted by atomic mass is 16.5. The number of carboxylic acid groups (broad SMARTS) is 1. The van der Waals surface area contributed by atoms with Crippen LogP contribution in [0, 0.1) is 0 Å². The summed E-state index contributed by atoms with van der Waals surface area (Å²) in [5, 5.41) is 11.3. The maximum absolute atomic E-state index is 11.1. The van der Waals surface area contributed by atoms with Gasteiger partial charge in [0.1, 0.15) is 0 Å². The summed E-state index contributed by atoms with van der Waals surface area (Å²) in [6.45, 7) is 0. The summed E-state index contributed by atoms with van der Waals surface area (Å²) in [4.78, 5) is 21.8. The zero-order valence-electron chi connectivity index (χ0n) is 8.14. The zero-order valence-corrected chi connectivity index (χ0v) is 8.14. The summed E-state index contributed by atoms with van der Waals surface area (Å²) in [5.41, 5.74) is 0.551. The molecule has 0 aromatic heterocycles. The van der Waals surface area contributed by atoms with E-state index in [0.717, 1.165) is 7.11 Å². The standard InChI is InChI=1S/C10H11NO4/c1-15-10(14)8(9(12)13)11-7-5-3-2-4-6-7/h2-6,8,11H,1H3,(H,12,13)/t8-/m1/s1. The number of para-hydroxylation sites is 1. The van der Waals surface area contributed by atoms with Crippen molar-refractivity contribution in [2.45, 2.75) is 6.04 Å². The van der Waals surface area contributed by atoms with Gasteiger partial charge in [0.25, 0.3) is 0 Å². The molecule has 1 aromatic rings. The zero-order chi connectivity index (χ0) is 11.3. The number of ether oxygens (including phenoxy) is 1. The molecule has 0 amide bonds. The van der Waals surface area contributed by atoms with E-state index in [2.05, 4.69) is 10.1 Å². The Morgan fingerprint density at radius 2 is 1.93 bits per heavy atom. The molecule has 0 bridgehead atoms. The molecule has 80 valence electrons. The van der Waals surface area contributed by atoms with Gasteiger partial charge in [-0.3, -0.25) is 0 Å². The lowest BCUT2D eigenvalue weighted by molar-refractivity contribution is -0.150. The molecule has 0 heterocycles. The Bertz CT molecular complexity index is 350.